The maximum atomic E-state index is 4.70. The van der Waals surface area contributed by atoms with Crippen molar-refractivity contribution in [2.45, 2.75) is 59.0 Å². The van der Waals surface area contributed by atoms with Gasteiger partial charge in [-0.2, -0.15) is 0 Å². The van der Waals surface area contributed by atoms with E-state index in [0.29, 0.717) is 6.04 Å². The summed E-state index contributed by atoms with van der Waals surface area (Å²) in [6.45, 7) is 12.8. The van der Waals surface area contributed by atoms with Crippen LogP contribution in [0.5, 0.6) is 0 Å². The quantitative estimate of drug-likeness (QED) is 0.911. The number of hydrogen-bond donors (Lipinski definition) is 1. The van der Waals surface area contributed by atoms with Crippen molar-refractivity contribution in [2.75, 3.05) is 16.8 Å². The van der Waals surface area contributed by atoms with Gasteiger partial charge in [-0.15, -0.1) is 0 Å². The van der Waals surface area contributed by atoms with E-state index in [0.717, 1.165) is 37.0 Å². The second kappa shape index (κ2) is 6.42. The summed E-state index contributed by atoms with van der Waals surface area (Å²) < 4.78 is 0. The van der Waals surface area contributed by atoms with Gasteiger partial charge in [0.15, 0.2) is 0 Å². The monoisotopic (exact) mass is 324 g/mol. The largest absolute Gasteiger partial charge is 0.367 e. The Balaban J connectivity index is 1.93. The highest BCUT2D eigenvalue weighted by molar-refractivity contribution is 5.53. The van der Waals surface area contributed by atoms with Crippen molar-refractivity contribution < 1.29 is 0 Å². The van der Waals surface area contributed by atoms with Crippen LogP contribution in [0, 0.1) is 6.92 Å². The third kappa shape index (κ3) is 3.37. The van der Waals surface area contributed by atoms with Crippen molar-refractivity contribution in [1.29, 1.82) is 0 Å². The molecule has 24 heavy (non-hydrogen) atoms. The molecular weight excluding hydrogens is 296 g/mol. The van der Waals surface area contributed by atoms with Crippen LogP contribution in [0.15, 0.2) is 30.3 Å². The fraction of sp³-hybridized carbons (Fsp3) is 0.500. The highest BCUT2D eigenvalue weighted by atomic mass is 15.2. The first-order valence-electron chi connectivity index (χ1n) is 8.84. The van der Waals surface area contributed by atoms with E-state index in [4.69, 9.17) is 4.98 Å². The Morgan fingerprint density at radius 3 is 2.75 bits per heavy atom. The summed E-state index contributed by atoms with van der Waals surface area (Å²) in [5.74, 6) is 2.74. The highest BCUT2D eigenvalue weighted by Crippen LogP contribution is 2.35. The number of rotatable bonds is 4. The Kier molecular flexibility index (Phi) is 4.48. The first-order chi connectivity index (χ1) is 11.4. The van der Waals surface area contributed by atoms with Crippen LogP contribution in [0.4, 0.5) is 11.6 Å². The standard InChI is InChI=1S/C20H28N4/c1-6-14(2)21-18-11-19(23-15(3)22-18)24-12-16-9-7-8-10-17(16)20(4,5)13-24/h7-11,14H,6,12-13H2,1-5H3,(H,21,22,23)/t14-/m1/s1. The van der Waals surface area contributed by atoms with E-state index in [-0.39, 0.29) is 5.41 Å². The summed E-state index contributed by atoms with van der Waals surface area (Å²) in [5.41, 5.74) is 2.95. The van der Waals surface area contributed by atoms with Crippen molar-refractivity contribution in [1.82, 2.24) is 9.97 Å². The van der Waals surface area contributed by atoms with Crippen LogP contribution in [-0.2, 0) is 12.0 Å². The molecule has 2 heterocycles. The van der Waals surface area contributed by atoms with Crippen molar-refractivity contribution in [3.63, 3.8) is 0 Å². The molecule has 0 amide bonds. The number of anilines is 2. The number of fused-ring (bicyclic) bond motifs is 1. The molecule has 0 fully saturated rings. The van der Waals surface area contributed by atoms with Crippen LogP contribution in [0.2, 0.25) is 0 Å². The van der Waals surface area contributed by atoms with Crippen LogP contribution in [-0.4, -0.2) is 22.6 Å². The molecule has 0 spiro atoms. The molecule has 2 aromatic rings. The maximum Gasteiger partial charge on any atom is 0.134 e. The Morgan fingerprint density at radius 2 is 2.00 bits per heavy atom. The zero-order valence-corrected chi connectivity index (χ0v) is 15.4. The van der Waals surface area contributed by atoms with Gasteiger partial charge < -0.3 is 10.2 Å². The highest BCUT2D eigenvalue weighted by Gasteiger charge is 2.32. The van der Waals surface area contributed by atoms with E-state index in [1.165, 1.54) is 11.1 Å². The molecule has 1 atom stereocenters. The molecule has 4 nitrogen and oxygen atoms in total. The average molecular weight is 324 g/mol. The molecule has 0 radical (unpaired) electrons. The number of benzene rings is 1. The minimum atomic E-state index is 0.109. The Hall–Kier alpha value is -2.10. The number of nitrogens with one attached hydrogen (secondary N) is 1. The first-order valence-corrected chi connectivity index (χ1v) is 8.84. The van der Waals surface area contributed by atoms with E-state index in [9.17, 15) is 0 Å². The smallest absolute Gasteiger partial charge is 0.134 e. The minimum Gasteiger partial charge on any atom is -0.367 e. The predicted octanol–water partition coefficient (Wildman–Crippen LogP) is 4.29. The van der Waals surface area contributed by atoms with Gasteiger partial charge in [0, 0.05) is 30.6 Å². The van der Waals surface area contributed by atoms with Gasteiger partial charge in [-0.05, 0) is 31.4 Å². The lowest BCUT2D eigenvalue weighted by molar-refractivity contribution is 0.474. The SMILES string of the molecule is CC[C@@H](C)Nc1cc(N2Cc3ccccc3C(C)(C)C2)nc(C)n1. The fourth-order valence-corrected chi connectivity index (χ4v) is 3.45. The summed E-state index contributed by atoms with van der Waals surface area (Å²) in [6.07, 6.45) is 1.07. The molecule has 3 rings (SSSR count). The van der Waals surface area contributed by atoms with Gasteiger partial charge in [-0.1, -0.05) is 45.0 Å². The molecule has 1 aromatic heterocycles. The molecule has 0 aliphatic carbocycles. The average Bonchev–Trinajstić information content (AvgIpc) is 2.53. The second-order valence-corrected chi connectivity index (χ2v) is 7.51. The van der Waals surface area contributed by atoms with Gasteiger partial charge in [0.2, 0.25) is 0 Å². The lowest BCUT2D eigenvalue weighted by Gasteiger charge is -2.40. The van der Waals surface area contributed by atoms with Crippen LogP contribution >= 0.6 is 0 Å². The van der Waals surface area contributed by atoms with Crippen LogP contribution in [0.25, 0.3) is 0 Å². The van der Waals surface area contributed by atoms with E-state index in [1.54, 1.807) is 0 Å². The van der Waals surface area contributed by atoms with Gasteiger partial charge in [0.05, 0.1) is 0 Å². The van der Waals surface area contributed by atoms with Crippen LogP contribution in [0.1, 0.15) is 51.1 Å². The molecule has 0 bridgehead atoms. The molecule has 1 aromatic carbocycles. The second-order valence-electron chi connectivity index (χ2n) is 7.51. The summed E-state index contributed by atoms with van der Waals surface area (Å²) in [5, 5.41) is 3.47. The lowest BCUT2D eigenvalue weighted by Crippen LogP contribution is -2.42. The summed E-state index contributed by atoms with van der Waals surface area (Å²) in [4.78, 5) is 11.6. The molecule has 1 aliphatic heterocycles. The van der Waals surface area contributed by atoms with Crippen LogP contribution in [0.3, 0.4) is 0 Å². The molecular formula is C20H28N4. The van der Waals surface area contributed by atoms with Crippen molar-refractivity contribution in [2.24, 2.45) is 0 Å². The predicted molar refractivity (Wildman–Crippen MR) is 101 cm³/mol. The van der Waals surface area contributed by atoms with Gasteiger partial charge in [0.25, 0.3) is 0 Å². The van der Waals surface area contributed by atoms with Gasteiger partial charge in [-0.3, -0.25) is 0 Å². The fourth-order valence-electron chi connectivity index (χ4n) is 3.45. The molecule has 1 N–H and O–H groups in total. The van der Waals surface area contributed by atoms with Gasteiger partial charge in [-0.25, -0.2) is 9.97 Å². The van der Waals surface area contributed by atoms with E-state index < -0.39 is 0 Å². The summed E-state index contributed by atoms with van der Waals surface area (Å²) in [7, 11) is 0. The van der Waals surface area contributed by atoms with Gasteiger partial charge in [0.1, 0.15) is 17.5 Å². The number of hydrogen-bond acceptors (Lipinski definition) is 4. The molecule has 0 unspecified atom stereocenters. The van der Waals surface area contributed by atoms with Gasteiger partial charge >= 0.3 is 0 Å². The van der Waals surface area contributed by atoms with Crippen molar-refractivity contribution in [3.05, 3.63) is 47.3 Å². The normalized spacial score (nSPS) is 17.3. The van der Waals surface area contributed by atoms with E-state index >= 15 is 0 Å². The summed E-state index contributed by atoms with van der Waals surface area (Å²) >= 11 is 0. The Labute approximate surface area is 145 Å². The minimum absolute atomic E-state index is 0.109. The lowest BCUT2D eigenvalue weighted by atomic mass is 9.78. The van der Waals surface area contributed by atoms with Crippen molar-refractivity contribution >= 4 is 11.6 Å². The van der Waals surface area contributed by atoms with Crippen molar-refractivity contribution in [3.8, 4) is 0 Å². The Bertz CT molecular complexity index is 723. The van der Waals surface area contributed by atoms with Crippen LogP contribution < -0.4 is 10.2 Å². The number of aromatic nitrogens is 2. The first kappa shape index (κ1) is 16.7. The Morgan fingerprint density at radius 1 is 1.25 bits per heavy atom. The topological polar surface area (TPSA) is 41.0 Å². The molecule has 1 aliphatic rings. The van der Waals surface area contributed by atoms with E-state index in [1.807, 2.05) is 6.92 Å². The molecule has 128 valence electrons. The number of aryl methyl sites for hydroxylation is 1. The summed E-state index contributed by atoms with van der Waals surface area (Å²) in [6, 6.07) is 11.2. The molecule has 0 saturated heterocycles. The zero-order chi connectivity index (χ0) is 17.3. The van der Waals surface area contributed by atoms with E-state index in [2.05, 4.69) is 73.2 Å². The molecule has 4 heteroatoms. The maximum absolute atomic E-state index is 4.70. The number of nitrogens with zero attached hydrogens (tertiary/aromatic N) is 3. The third-order valence-electron chi connectivity index (χ3n) is 4.85. The third-order valence-corrected chi connectivity index (χ3v) is 4.85. The zero-order valence-electron chi connectivity index (χ0n) is 15.4. The molecule has 0 saturated carbocycles.